The first-order valence-electron chi connectivity index (χ1n) is 8.24. The van der Waals surface area contributed by atoms with Gasteiger partial charge in [0.2, 0.25) is 0 Å². The van der Waals surface area contributed by atoms with Crippen LogP contribution in [0.4, 0.5) is 0 Å². The SMILES string of the molecule is Cc1[nH]c2ccccc2c1/C=N\NC(=O)c1csc2c1CCCC2. The quantitative estimate of drug-likeness (QED) is 0.547. The number of nitrogens with one attached hydrogen (secondary N) is 2. The molecule has 0 atom stereocenters. The van der Waals surface area contributed by atoms with Crippen molar-refractivity contribution < 1.29 is 4.79 Å². The predicted octanol–water partition coefficient (Wildman–Crippen LogP) is 4.18. The molecular weight excluding hydrogens is 318 g/mol. The molecule has 4 rings (SSSR count). The molecule has 2 N–H and O–H groups in total. The number of aromatic nitrogens is 1. The van der Waals surface area contributed by atoms with Gasteiger partial charge in [0.05, 0.1) is 11.8 Å². The van der Waals surface area contributed by atoms with E-state index in [0.29, 0.717) is 0 Å². The molecule has 0 saturated heterocycles. The van der Waals surface area contributed by atoms with Gasteiger partial charge in [0.25, 0.3) is 5.91 Å². The number of amides is 1. The highest BCUT2D eigenvalue weighted by atomic mass is 32.1. The van der Waals surface area contributed by atoms with Gasteiger partial charge in [0, 0.05) is 32.4 Å². The first kappa shape index (κ1) is 15.1. The summed E-state index contributed by atoms with van der Waals surface area (Å²) in [5, 5.41) is 7.27. The number of aromatic amines is 1. The predicted molar refractivity (Wildman–Crippen MR) is 99.1 cm³/mol. The van der Waals surface area contributed by atoms with Crippen molar-refractivity contribution >= 4 is 34.4 Å². The summed E-state index contributed by atoms with van der Waals surface area (Å²) in [7, 11) is 0. The Morgan fingerprint density at radius 3 is 3.04 bits per heavy atom. The van der Waals surface area contributed by atoms with Crippen molar-refractivity contribution in [2.75, 3.05) is 0 Å². The van der Waals surface area contributed by atoms with Gasteiger partial charge in [-0.25, -0.2) is 5.43 Å². The Hall–Kier alpha value is -2.40. The Bertz CT molecular complexity index is 935. The summed E-state index contributed by atoms with van der Waals surface area (Å²) in [6.07, 6.45) is 6.23. The van der Waals surface area contributed by atoms with E-state index in [1.54, 1.807) is 17.6 Å². The number of aryl methyl sites for hydroxylation is 2. The zero-order valence-electron chi connectivity index (χ0n) is 13.6. The number of hydrazone groups is 1. The van der Waals surface area contributed by atoms with E-state index in [4.69, 9.17) is 0 Å². The second-order valence-electron chi connectivity index (χ2n) is 6.17. The molecule has 1 aliphatic rings. The van der Waals surface area contributed by atoms with Crippen LogP contribution in [-0.4, -0.2) is 17.1 Å². The molecule has 1 amide bonds. The minimum atomic E-state index is -0.108. The van der Waals surface area contributed by atoms with Crippen LogP contribution in [0.3, 0.4) is 0 Å². The van der Waals surface area contributed by atoms with Crippen molar-refractivity contribution in [1.82, 2.24) is 10.4 Å². The molecule has 0 saturated carbocycles. The van der Waals surface area contributed by atoms with Gasteiger partial charge in [-0.3, -0.25) is 4.79 Å². The van der Waals surface area contributed by atoms with Crippen molar-refractivity contribution in [3.8, 4) is 0 Å². The summed E-state index contributed by atoms with van der Waals surface area (Å²) in [5.41, 5.74) is 7.84. The molecule has 0 unspecified atom stereocenters. The number of fused-ring (bicyclic) bond motifs is 2. The van der Waals surface area contributed by atoms with Crippen LogP contribution in [0, 0.1) is 6.92 Å². The van der Waals surface area contributed by atoms with E-state index in [9.17, 15) is 4.79 Å². The van der Waals surface area contributed by atoms with Crippen LogP contribution >= 0.6 is 11.3 Å². The average molecular weight is 337 g/mol. The van der Waals surface area contributed by atoms with Gasteiger partial charge in [-0.2, -0.15) is 5.10 Å². The summed E-state index contributed by atoms with van der Waals surface area (Å²) in [5.74, 6) is -0.108. The summed E-state index contributed by atoms with van der Waals surface area (Å²) in [4.78, 5) is 17.1. The Morgan fingerprint density at radius 2 is 2.12 bits per heavy atom. The maximum Gasteiger partial charge on any atom is 0.272 e. The number of hydrogen-bond acceptors (Lipinski definition) is 3. The lowest BCUT2D eigenvalue weighted by Gasteiger charge is -2.11. The highest BCUT2D eigenvalue weighted by molar-refractivity contribution is 7.10. The molecule has 4 nitrogen and oxygen atoms in total. The second-order valence-corrected chi connectivity index (χ2v) is 7.13. The Labute approximate surface area is 144 Å². The normalized spacial score (nSPS) is 14.2. The largest absolute Gasteiger partial charge is 0.358 e. The number of H-pyrrole nitrogens is 1. The first-order chi connectivity index (χ1) is 11.7. The van der Waals surface area contributed by atoms with Crippen LogP contribution in [0.15, 0.2) is 34.7 Å². The molecular formula is C19H19N3OS. The summed E-state index contributed by atoms with van der Waals surface area (Å²) in [6.45, 7) is 2.01. The van der Waals surface area contributed by atoms with Gasteiger partial charge in [0.15, 0.2) is 0 Å². The van der Waals surface area contributed by atoms with Crippen molar-refractivity contribution in [2.45, 2.75) is 32.6 Å². The summed E-state index contributed by atoms with van der Waals surface area (Å²) < 4.78 is 0. The monoisotopic (exact) mass is 337 g/mol. The molecule has 2 aromatic heterocycles. The third kappa shape index (κ3) is 2.65. The van der Waals surface area contributed by atoms with E-state index in [0.717, 1.165) is 40.6 Å². The fourth-order valence-corrected chi connectivity index (χ4v) is 4.49. The molecule has 0 bridgehead atoms. The van der Waals surface area contributed by atoms with Gasteiger partial charge in [-0.1, -0.05) is 18.2 Å². The number of para-hydroxylation sites is 1. The molecule has 0 radical (unpaired) electrons. The van der Waals surface area contributed by atoms with E-state index in [1.165, 1.54) is 23.3 Å². The van der Waals surface area contributed by atoms with Crippen molar-refractivity contribution in [3.63, 3.8) is 0 Å². The number of thiophene rings is 1. The highest BCUT2D eigenvalue weighted by Gasteiger charge is 2.19. The van der Waals surface area contributed by atoms with Gasteiger partial charge in [-0.05, 0) is 44.2 Å². The molecule has 0 aliphatic heterocycles. The van der Waals surface area contributed by atoms with E-state index in [2.05, 4.69) is 21.6 Å². The topological polar surface area (TPSA) is 57.2 Å². The molecule has 0 spiro atoms. The molecule has 122 valence electrons. The van der Waals surface area contributed by atoms with Crippen LogP contribution in [0.1, 0.15) is 44.9 Å². The number of nitrogens with zero attached hydrogens (tertiary/aromatic N) is 1. The molecule has 0 fully saturated rings. The molecule has 1 aliphatic carbocycles. The zero-order chi connectivity index (χ0) is 16.5. The lowest BCUT2D eigenvalue weighted by atomic mass is 9.96. The minimum absolute atomic E-state index is 0.108. The fourth-order valence-electron chi connectivity index (χ4n) is 3.36. The number of rotatable bonds is 3. The Morgan fingerprint density at radius 1 is 1.29 bits per heavy atom. The molecule has 2 heterocycles. The molecule has 5 heteroatoms. The smallest absolute Gasteiger partial charge is 0.272 e. The number of carbonyl (C=O) groups is 1. The van der Waals surface area contributed by atoms with Crippen LogP contribution in [0.5, 0.6) is 0 Å². The maximum absolute atomic E-state index is 12.4. The molecule has 1 aromatic carbocycles. The van der Waals surface area contributed by atoms with Crippen LogP contribution in [0.25, 0.3) is 10.9 Å². The number of hydrogen-bond donors (Lipinski definition) is 2. The lowest BCUT2D eigenvalue weighted by molar-refractivity contribution is 0.0954. The van der Waals surface area contributed by atoms with Crippen LogP contribution in [-0.2, 0) is 12.8 Å². The Kier molecular flexibility index (Phi) is 3.94. The summed E-state index contributed by atoms with van der Waals surface area (Å²) >= 11 is 1.70. The van der Waals surface area contributed by atoms with Gasteiger partial charge in [-0.15, -0.1) is 11.3 Å². The minimum Gasteiger partial charge on any atom is -0.358 e. The third-order valence-electron chi connectivity index (χ3n) is 4.61. The van der Waals surface area contributed by atoms with Gasteiger partial charge < -0.3 is 4.98 Å². The van der Waals surface area contributed by atoms with E-state index < -0.39 is 0 Å². The van der Waals surface area contributed by atoms with Crippen LogP contribution < -0.4 is 5.43 Å². The van der Waals surface area contributed by atoms with E-state index in [1.807, 2.05) is 30.5 Å². The van der Waals surface area contributed by atoms with Crippen LogP contribution in [0.2, 0.25) is 0 Å². The standard InChI is InChI=1S/C19H19N3OS/c1-12-15(13-6-2-4-8-17(13)21-12)10-20-22-19(23)16-11-24-18-9-5-3-7-14(16)18/h2,4,6,8,10-11,21H,3,5,7,9H2,1H3,(H,22,23)/b20-10-. The highest BCUT2D eigenvalue weighted by Crippen LogP contribution is 2.30. The maximum atomic E-state index is 12.4. The Balaban J connectivity index is 1.54. The first-order valence-corrected chi connectivity index (χ1v) is 9.12. The third-order valence-corrected chi connectivity index (χ3v) is 5.70. The van der Waals surface area contributed by atoms with E-state index in [-0.39, 0.29) is 5.91 Å². The number of carbonyl (C=O) groups excluding carboxylic acids is 1. The molecule has 24 heavy (non-hydrogen) atoms. The molecule has 3 aromatic rings. The van der Waals surface area contributed by atoms with Crippen molar-refractivity contribution in [3.05, 3.63) is 56.9 Å². The average Bonchev–Trinajstić information content (AvgIpc) is 3.16. The van der Waals surface area contributed by atoms with Gasteiger partial charge in [0.1, 0.15) is 0 Å². The summed E-state index contributed by atoms with van der Waals surface area (Å²) in [6, 6.07) is 8.09. The number of benzene rings is 1. The van der Waals surface area contributed by atoms with E-state index >= 15 is 0 Å². The second kappa shape index (κ2) is 6.24. The zero-order valence-corrected chi connectivity index (χ0v) is 14.4. The van der Waals surface area contributed by atoms with Crippen molar-refractivity contribution in [2.24, 2.45) is 5.10 Å². The van der Waals surface area contributed by atoms with Crippen molar-refractivity contribution in [1.29, 1.82) is 0 Å². The lowest BCUT2D eigenvalue weighted by Crippen LogP contribution is -2.19. The fraction of sp³-hybridized carbons (Fsp3) is 0.263. The van der Waals surface area contributed by atoms with Gasteiger partial charge >= 0.3 is 0 Å².